The number of benzene rings is 1. The van der Waals surface area contributed by atoms with Crippen molar-refractivity contribution >= 4 is 5.97 Å². The molecule has 0 radical (unpaired) electrons. The van der Waals surface area contributed by atoms with Crippen LogP contribution in [0.1, 0.15) is 12.0 Å². The van der Waals surface area contributed by atoms with Gasteiger partial charge in [0.1, 0.15) is 6.04 Å². The molecule has 0 aliphatic heterocycles. The topological polar surface area (TPSA) is 72.5 Å². The Balaban J connectivity index is 2.49. The van der Waals surface area contributed by atoms with Crippen LogP contribution in [0, 0.1) is 12.7 Å². The van der Waals surface area contributed by atoms with E-state index in [2.05, 4.69) is 0 Å². The Kier molecular flexibility index (Phi) is 4.25. The zero-order chi connectivity index (χ0) is 12.1. The monoisotopic (exact) mass is 227 g/mol. The average Bonchev–Trinajstić information content (AvgIpc) is 2.24. The molecule has 4 nitrogen and oxygen atoms in total. The molecule has 0 heterocycles. The molecule has 0 aliphatic carbocycles. The van der Waals surface area contributed by atoms with E-state index in [0.29, 0.717) is 5.56 Å². The summed E-state index contributed by atoms with van der Waals surface area (Å²) in [4.78, 5) is 10.4. The fraction of sp³-hybridized carbons (Fsp3) is 0.364. The average molecular weight is 227 g/mol. The van der Waals surface area contributed by atoms with E-state index >= 15 is 0 Å². The minimum Gasteiger partial charge on any atom is -0.490 e. The lowest BCUT2D eigenvalue weighted by Gasteiger charge is -2.10. The number of hydrogen-bond donors (Lipinski definition) is 2. The molecular weight excluding hydrogens is 213 g/mol. The molecule has 1 rings (SSSR count). The maximum Gasteiger partial charge on any atom is 0.320 e. The normalized spacial score (nSPS) is 12.2. The van der Waals surface area contributed by atoms with Crippen LogP contribution in [0.2, 0.25) is 0 Å². The van der Waals surface area contributed by atoms with E-state index in [9.17, 15) is 9.18 Å². The summed E-state index contributed by atoms with van der Waals surface area (Å²) in [5, 5.41) is 8.52. The number of carbonyl (C=O) groups is 1. The molecule has 1 atom stereocenters. The quantitative estimate of drug-likeness (QED) is 0.795. The second kappa shape index (κ2) is 5.46. The Morgan fingerprint density at radius 1 is 1.62 bits per heavy atom. The Bertz CT molecular complexity index is 381. The fourth-order valence-corrected chi connectivity index (χ4v) is 1.15. The molecule has 1 aromatic rings. The first-order chi connectivity index (χ1) is 7.52. The second-order valence-corrected chi connectivity index (χ2v) is 3.47. The number of hydrogen-bond acceptors (Lipinski definition) is 3. The Morgan fingerprint density at radius 2 is 2.31 bits per heavy atom. The van der Waals surface area contributed by atoms with Gasteiger partial charge in [-0.2, -0.15) is 0 Å². The van der Waals surface area contributed by atoms with Gasteiger partial charge < -0.3 is 15.6 Å². The van der Waals surface area contributed by atoms with Crippen LogP contribution in [0.5, 0.6) is 5.75 Å². The second-order valence-electron chi connectivity index (χ2n) is 3.47. The van der Waals surface area contributed by atoms with Crippen LogP contribution >= 0.6 is 0 Å². The number of rotatable bonds is 5. The van der Waals surface area contributed by atoms with Crippen LogP contribution < -0.4 is 10.5 Å². The van der Waals surface area contributed by atoms with Gasteiger partial charge in [-0.15, -0.1) is 0 Å². The van der Waals surface area contributed by atoms with Crippen LogP contribution in [0.15, 0.2) is 18.2 Å². The fourth-order valence-electron chi connectivity index (χ4n) is 1.15. The zero-order valence-corrected chi connectivity index (χ0v) is 8.94. The van der Waals surface area contributed by atoms with Crippen molar-refractivity contribution in [3.63, 3.8) is 0 Å². The summed E-state index contributed by atoms with van der Waals surface area (Å²) in [5.74, 6) is -1.39. The Labute approximate surface area is 92.8 Å². The lowest BCUT2D eigenvalue weighted by molar-refractivity contribution is -0.138. The number of carboxylic acid groups (broad SMARTS) is 1. The zero-order valence-electron chi connectivity index (χ0n) is 8.94. The van der Waals surface area contributed by atoms with Gasteiger partial charge in [0.05, 0.1) is 6.61 Å². The SMILES string of the molecule is Cc1cccc(OCCC(N)C(=O)O)c1F. The number of ether oxygens (including phenoxy) is 1. The highest BCUT2D eigenvalue weighted by molar-refractivity contribution is 5.72. The van der Waals surface area contributed by atoms with Gasteiger partial charge in [-0.1, -0.05) is 12.1 Å². The molecule has 0 saturated heterocycles. The first-order valence-electron chi connectivity index (χ1n) is 4.88. The summed E-state index contributed by atoms with van der Waals surface area (Å²) in [6.07, 6.45) is 0.142. The highest BCUT2D eigenvalue weighted by Gasteiger charge is 2.12. The summed E-state index contributed by atoms with van der Waals surface area (Å²) in [7, 11) is 0. The minimum absolute atomic E-state index is 0.0772. The third-order valence-corrected chi connectivity index (χ3v) is 2.16. The van der Waals surface area contributed by atoms with Crippen LogP contribution in [-0.2, 0) is 4.79 Å². The van der Waals surface area contributed by atoms with Gasteiger partial charge in [0.15, 0.2) is 11.6 Å². The summed E-state index contributed by atoms with van der Waals surface area (Å²) >= 11 is 0. The van der Waals surface area contributed by atoms with E-state index in [0.717, 1.165) is 0 Å². The summed E-state index contributed by atoms with van der Waals surface area (Å²) < 4.78 is 18.5. The number of carboxylic acids is 1. The lowest BCUT2D eigenvalue weighted by atomic mass is 10.2. The van der Waals surface area contributed by atoms with E-state index in [1.165, 1.54) is 6.07 Å². The number of aliphatic carboxylic acids is 1. The Morgan fingerprint density at radius 3 is 2.94 bits per heavy atom. The van der Waals surface area contributed by atoms with Crippen molar-refractivity contribution in [2.75, 3.05) is 6.61 Å². The van der Waals surface area contributed by atoms with Gasteiger partial charge in [-0.3, -0.25) is 4.79 Å². The molecule has 0 aliphatic rings. The summed E-state index contributed by atoms with van der Waals surface area (Å²) in [6, 6.07) is 3.82. The van der Waals surface area contributed by atoms with Crippen LogP contribution in [-0.4, -0.2) is 23.7 Å². The predicted octanol–water partition coefficient (Wildman–Crippen LogP) is 1.31. The van der Waals surface area contributed by atoms with Gasteiger partial charge in [0.2, 0.25) is 0 Å². The molecular formula is C11H14FNO3. The molecule has 5 heteroatoms. The van der Waals surface area contributed by atoms with Gasteiger partial charge in [0.25, 0.3) is 0 Å². The molecule has 0 amide bonds. The Hall–Kier alpha value is -1.62. The predicted molar refractivity (Wildman–Crippen MR) is 56.9 cm³/mol. The molecule has 0 bridgehead atoms. The van der Waals surface area contributed by atoms with Crippen molar-refractivity contribution in [2.24, 2.45) is 5.73 Å². The van der Waals surface area contributed by atoms with Crippen LogP contribution in [0.3, 0.4) is 0 Å². The summed E-state index contributed by atoms with van der Waals surface area (Å²) in [5.41, 5.74) is 5.76. The van der Waals surface area contributed by atoms with Gasteiger partial charge in [-0.05, 0) is 18.6 Å². The minimum atomic E-state index is -1.09. The van der Waals surface area contributed by atoms with Crippen LogP contribution in [0.4, 0.5) is 4.39 Å². The first-order valence-corrected chi connectivity index (χ1v) is 4.88. The van der Waals surface area contributed by atoms with E-state index in [-0.39, 0.29) is 18.8 Å². The number of nitrogens with two attached hydrogens (primary N) is 1. The summed E-state index contributed by atoms with van der Waals surface area (Å²) in [6.45, 7) is 1.71. The van der Waals surface area contributed by atoms with Crippen molar-refractivity contribution in [1.82, 2.24) is 0 Å². The maximum absolute atomic E-state index is 13.4. The van der Waals surface area contributed by atoms with Crippen molar-refractivity contribution in [3.8, 4) is 5.75 Å². The van der Waals surface area contributed by atoms with Crippen molar-refractivity contribution in [3.05, 3.63) is 29.6 Å². The smallest absolute Gasteiger partial charge is 0.320 e. The third-order valence-electron chi connectivity index (χ3n) is 2.16. The van der Waals surface area contributed by atoms with E-state index in [1.54, 1.807) is 19.1 Å². The molecule has 1 aromatic carbocycles. The first kappa shape index (κ1) is 12.4. The van der Waals surface area contributed by atoms with E-state index < -0.39 is 17.8 Å². The van der Waals surface area contributed by atoms with Crippen molar-refractivity contribution in [1.29, 1.82) is 0 Å². The van der Waals surface area contributed by atoms with Crippen molar-refractivity contribution < 1.29 is 19.0 Å². The molecule has 0 spiro atoms. The molecule has 0 saturated carbocycles. The standard InChI is InChI=1S/C11H14FNO3/c1-7-3-2-4-9(10(7)12)16-6-5-8(13)11(14)15/h2-4,8H,5-6,13H2,1H3,(H,14,15). The maximum atomic E-state index is 13.4. The highest BCUT2D eigenvalue weighted by Crippen LogP contribution is 2.19. The molecule has 16 heavy (non-hydrogen) atoms. The van der Waals surface area contributed by atoms with Crippen LogP contribution in [0.25, 0.3) is 0 Å². The van der Waals surface area contributed by atoms with E-state index in [4.69, 9.17) is 15.6 Å². The highest BCUT2D eigenvalue weighted by atomic mass is 19.1. The number of halogens is 1. The number of aryl methyl sites for hydroxylation is 1. The molecule has 88 valence electrons. The van der Waals surface area contributed by atoms with Gasteiger partial charge in [-0.25, -0.2) is 4.39 Å². The molecule has 0 aromatic heterocycles. The molecule has 1 unspecified atom stereocenters. The van der Waals surface area contributed by atoms with Gasteiger partial charge in [0, 0.05) is 6.42 Å². The lowest BCUT2D eigenvalue weighted by Crippen LogP contribution is -2.31. The molecule has 0 fully saturated rings. The molecule has 3 N–H and O–H groups in total. The van der Waals surface area contributed by atoms with Gasteiger partial charge >= 0.3 is 5.97 Å². The van der Waals surface area contributed by atoms with Crippen molar-refractivity contribution in [2.45, 2.75) is 19.4 Å². The third kappa shape index (κ3) is 3.20. The van der Waals surface area contributed by atoms with E-state index in [1.807, 2.05) is 0 Å². The largest absolute Gasteiger partial charge is 0.490 e.